The summed E-state index contributed by atoms with van der Waals surface area (Å²) in [5.41, 5.74) is 4.73. The highest BCUT2D eigenvalue weighted by Gasteiger charge is 2.33. The average molecular weight is 538 g/mol. The summed E-state index contributed by atoms with van der Waals surface area (Å²) in [4.78, 5) is 26.9. The molecule has 35 heavy (non-hydrogen) atoms. The zero-order chi connectivity index (χ0) is 25.2. The zero-order valence-electron chi connectivity index (χ0n) is 18.4. The number of halogens is 3. The van der Waals surface area contributed by atoms with Gasteiger partial charge in [-0.1, -0.05) is 83.3 Å². The van der Waals surface area contributed by atoms with Crippen LogP contribution in [0.25, 0.3) is 11.1 Å². The number of benzene rings is 2. The molecule has 0 saturated heterocycles. The van der Waals surface area contributed by atoms with Gasteiger partial charge >= 0.3 is 6.09 Å². The van der Waals surface area contributed by atoms with Gasteiger partial charge in [0.2, 0.25) is 5.78 Å². The molecule has 10 heteroatoms. The van der Waals surface area contributed by atoms with E-state index in [4.69, 9.17) is 39.5 Å². The van der Waals surface area contributed by atoms with E-state index in [1.54, 1.807) is 0 Å². The third-order valence-corrected chi connectivity index (χ3v) is 6.48. The molecule has 2 unspecified atom stereocenters. The van der Waals surface area contributed by atoms with Crippen molar-refractivity contribution in [2.45, 2.75) is 28.3 Å². The molecule has 0 fully saturated rings. The number of aromatic nitrogens is 1. The lowest BCUT2D eigenvalue weighted by Gasteiger charge is -2.18. The molecule has 1 aliphatic carbocycles. The number of hydrogen-bond donors (Lipinski definition) is 4. The molecule has 0 saturated carbocycles. The van der Waals surface area contributed by atoms with Gasteiger partial charge in [0, 0.05) is 24.2 Å². The van der Waals surface area contributed by atoms with Gasteiger partial charge in [-0.15, -0.1) is 0 Å². The summed E-state index contributed by atoms with van der Waals surface area (Å²) in [5.74, 6) is -0.842. The molecule has 184 valence electrons. The third kappa shape index (κ3) is 5.66. The Hall–Kier alpha value is -2.55. The number of hydrogen-bond acceptors (Lipinski definition) is 5. The van der Waals surface area contributed by atoms with Gasteiger partial charge < -0.3 is 25.3 Å². The normalized spacial score (nSPS) is 14.7. The third-order valence-electron chi connectivity index (χ3n) is 5.97. The molecule has 4 rings (SSSR count). The second-order valence-electron chi connectivity index (χ2n) is 8.23. The maximum atomic E-state index is 12.3. The molecular weight excluding hydrogens is 515 g/mol. The lowest BCUT2D eigenvalue weighted by atomic mass is 9.98. The highest BCUT2D eigenvalue weighted by atomic mass is 35.6. The van der Waals surface area contributed by atoms with Crippen molar-refractivity contribution in [3.05, 3.63) is 83.2 Å². The average Bonchev–Trinajstić information content (AvgIpc) is 3.44. The molecular formula is C25H23Cl3N2O5. The van der Waals surface area contributed by atoms with Crippen molar-refractivity contribution in [1.29, 1.82) is 0 Å². The Labute approximate surface area is 217 Å². The van der Waals surface area contributed by atoms with Crippen molar-refractivity contribution in [2.75, 3.05) is 13.2 Å². The highest BCUT2D eigenvalue weighted by Crippen LogP contribution is 2.44. The number of carbonyl (C=O) groups excluding carboxylic acids is 2. The molecule has 1 heterocycles. The second kappa shape index (κ2) is 10.6. The molecule has 0 bridgehead atoms. The number of nitrogens with one attached hydrogen (secondary N) is 2. The van der Waals surface area contributed by atoms with Crippen molar-refractivity contribution >= 4 is 46.7 Å². The molecule has 1 aromatic heterocycles. The molecule has 3 aromatic rings. The number of alkyl halides is 3. The van der Waals surface area contributed by atoms with Gasteiger partial charge in [0.1, 0.15) is 12.7 Å². The van der Waals surface area contributed by atoms with E-state index in [0.29, 0.717) is 0 Å². The van der Waals surface area contributed by atoms with E-state index in [2.05, 4.69) is 22.4 Å². The number of fused-ring (bicyclic) bond motifs is 3. The number of rotatable bonds is 8. The Balaban J connectivity index is 1.26. The van der Waals surface area contributed by atoms with E-state index < -0.39 is 27.9 Å². The van der Waals surface area contributed by atoms with E-state index in [1.807, 2.05) is 36.4 Å². The first-order valence-corrected chi connectivity index (χ1v) is 12.0. The number of amides is 1. The molecule has 0 aliphatic heterocycles. The first-order chi connectivity index (χ1) is 16.7. The number of alkyl carbamates (subject to hydrolysis) is 1. The quantitative estimate of drug-likeness (QED) is 0.241. The summed E-state index contributed by atoms with van der Waals surface area (Å²) in [5, 5.41) is 23.2. The van der Waals surface area contributed by atoms with E-state index >= 15 is 0 Å². The highest BCUT2D eigenvalue weighted by molar-refractivity contribution is 6.77. The fourth-order valence-corrected chi connectivity index (χ4v) is 4.52. The van der Waals surface area contributed by atoms with Crippen molar-refractivity contribution in [3.8, 4) is 11.1 Å². The topological polar surface area (TPSA) is 112 Å². The van der Waals surface area contributed by atoms with Gasteiger partial charge in [0.25, 0.3) is 3.79 Å². The molecule has 0 spiro atoms. The smallest absolute Gasteiger partial charge is 0.407 e. The fraction of sp³-hybridized carbons (Fsp3) is 0.280. The van der Waals surface area contributed by atoms with Gasteiger partial charge in [-0.2, -0.15) is 0 Å². The van der Waals surface area contributed by atoms with Crippen molar-refractivity contribution in [1.82, 2.24) is 10.3 Å². The zero-order valence-corrected chi connectivity index (χ0v) is 20.6. The van der Waals surface area contributed by atoms with E-state index in [1.165, 1.54) is 12.3 Å². The van der Waals surface area contributed by atoms with Crippen molar-refractivity contribution < 1.29 is 24.5 Å². The van der Waals surface area contributed by atoms with Crippen LogP contribution in [0.1, 0.15) is 45.6 Å². The molecule has 2 atom stereocenters. The van der Waals surface area contributed by atoms with Crippen LogP contribution in [0.15, 0.2) is 60.8 Å². The molecule has 1 aliphatic rings. The fourth-order valence-electron chi connectivity index (χ4n) is 4.22. The van der Waals surface area contributed by atoms with Gasteiger partial charge in [-0.3, -0.25) is 4.79 Å². The minimum atomic E-state index is -2.14. The summed E-state index contributed by atoms with van der Waals surface area (Å²) < 4.78 is 3.31. The lowest BCUT2D eigenvalue weighted by Crippen LogP contribution is -2.30. The predicted molar refractivity (Wildman–Crippen MR) is 134 cm³/mol. The van der Waals surface area contributed by atoms with Crippen LogP contribution in [0.2, 0.25) is 0 Å². The molecule has 1 amide bonds. The standard InChI is InChI=1S/C25H23Cl3N2O5/c26-25(27,28)23(33)20-11-14(12-30-20)22(32)21(31)9-10-29-24(34)35-13-19-17-7-3-1-5-15(17)16-6-2-4-8-18(16)19/h1-8,11-12,19,21-22,30-32H,9-10,13H2,(H,29,34). The molecule has 2 aromatic carbocycles. The van der Waals surface area contributed by atoms with Gasteiger partial charge in [0.05, 0.1) is 11.8 Å². The maximum Gasteiger partial charge on any atom is 0.407 e. The SMILES string of the molecule is O=C(NCCC(O)C(O)c1c[nH]c(C(=O)C(Cl)(Cl)Cl)c1)OCC1c2ccccc2-c2ccccc21. The summed E-state index contributed by atoms with van der Waals surface area (Å²) in [6, 6.07) is 17.4. The number of aromatic amines is 1. The number of aliphatic hydroxyl groups is 2. The summed E-state index contributed by atoms with van der Waals surface area (Å²) in [6.45, 7) is 0.244. The van der Waals surface area contributed by atoms with Gasteiger partial charge in [-0.25, -0.2) is 4.79 Å². The minimum absolute atomic E-state index is 0.0111. The number of carbonyl (C=O) groups is 2. The van der Waals surface area contributed by atoms with E-state index in [9.17, 15) is 19.8 Å². The van der Waals surface area contributed by atoms with Crippen molar-refractivity contribution in [3.63, 3.8) is 0 Å². The van der Waals surface area contributed by atoms with Crippen LogP contribution >= 0.6 is 34.8 Å². The van der Waals surface area contributed by atoms with Crippen LogP contribution in [0, 0.1) is 0 Å². The van der Waals surface area contributed by atoms with Crippen LogP contribution in [-0.2, 0) is 4.74 Å². The monoisotopic (exact) mass is 536 g/mol. The Morgan fingerprint density at radius 2 is 1.63 bits per heavy atom. The second-order valence-corrected chi connectivity index (χ2v) is 10.5. The minimum Gasteiger partial charge on any atom is -0.449 e. The number of ketones is 1. The maximum absolute atomic E-state index is 12.3. The van der Waals surface area contributed by atoms with Crippen LogP contribution in [-0.4, -0.2) is 50.1 Å². The first-order valence-electron chi connectivity index (χ1n) is 10.9. The molecule has 7 nitrogen and oxygen atoms in total. The van der Waals surface area contributed by atoms with E-state index in [0.717, 1.165) is 22.3 Å². The Morgan fingerprint density at radius 1 is 1.03 bits per heavy atom. The predicted octanol–water partition coefficient (Wildman–Crippen LogP) is 4.89. The van der Waals surface area contributed by atoms with Gasteiger partial charge in [-0.05, 0) is 34.7 Å². The lowest BCUT2D eigenvalue weighted by molar-refractivity contribution is 0.0137. The van der Waals surface area contributed by atoms with Crippen LogP contribution in [0.4, 0.5) is 4.79 Å². The van der Waals surface area contributed by atoms with Gasteiger partial charge in [0.15, 0.2) is 0 Å². The van der Waals surface area contributed by atoms with E-state index in [-0.39, 0.29) is 36.7 Å². The van der Waals surface area contributed by atoms with Crippen LogP contribution < -0.4 is 5.32 Å². The van der Waals surface area contributed by atoms with Crippen molar-refractivity contribution in [2.24, 2.45) is 0 Å². The Morgan fingerprint density at radius 3 is 2.23 bits per heavy atom. The Kier molecular flexibility index (Phi) is 7.73. The number of aliphatic hydroxyl groups excluding tert-OH is 2. The van der Waals surface area contributed by atoms with Crippen LogP contribution in [0.3, 0.4) is 0 Å². The Bertz CT molecular complexity index is 1180. The first kappa shape index (κ1) is 25.5. The largest absolute Gasteiger partial charge is 0.449 e. The summed E-state index contributed by atoms with van der Waals surface area (Å²) in [6.07, 6.45) is -1.76. The summed E-state index contributed by atoms with van der Waals surface area (Å²) in [7, 11) is 0. The number of Topliss-reactive ketones (excluding diaryl/α,β-unsaturated/α-hetero) is 1. The van der Waals surface area contributed by atoms with Crippen LogP contribution in [0.5, 0.6) is 0 Å². The number of ether oxygens (including phenoxy) is 1. The molecule has 0 radical (unpaired) electrons. The molecule has 4 N–H and O–H groups in total. The summed E-state index contributed by atoms with van der Waals surface area (Å²) >= 11 is 16.7. The number of H-pyrrole nitrogens is 1.